The summed E-state index contributed by atoms with van der Waals surface area (Å²) < 4.78 is 5.60. The minimum Gasteiger partial charge on any atom is -0.431 e. The number of para-hydroxylation sites is 2. The van der Waals surface area contributed by atoms with E-state index in [1.807, 2.05) is 30.3 Å². The van der Waals surface area contributed by atoms with Gasteiger partial charge in [-0.1, -0.05) is 47.1 Å². The average molecular weight is 450 g/mol. The number of hydrogen-bond donors (Lipinski definition) is 1. The van der Waals surface area contributed by atoms with Crippen LogP contribution in [0.5, 0.6) is 0 Å². The second-order valence-corrected chi connectivity index (χ2v) is 8.71. The topological polar surface area (TPSA) is 68.0 Å². The lowest BCUT2D eigenvalue weighted by Gasteiger charge is -2.02. The second kappa shape index (κ2) is 8.53. The Balaban J connectivity index is 1.34. The molecule has 0 aliphatic heterocycles. The van der Waals surface area contributed by atoms with Gasteiger partial charge in [0.25, 0.3) is 5.22 Å². The molecule has 1 N–H and O–H groups in total. The van der Waals surface area contributed by atoms with Crippen LogP contribution >= 0.6 is 46.3 Å². The van der Waals surface area contributed by atoms with Crippen LogP contribution in [0.3, 0.4) is 0 Å². The predicted octanol–water partition coefficient (Wildman–Crippen LogP) is 5.91. The molecule has 2 aromatic carbocycles. The molecule has 2 heterocycles. The maximum absolute atomic E-state index is 12.2. The molecule has 4 rings (SSSR count). The summed E-state index contributed by atoms with van der Waals surface area (Å²) in [4.78, 5) is 21.8. The van der Waals surface area contributed by atoms with Crippen molar-refractivity contribution in [2.75, 3.05) is 11.1 Å². The quantitative estimate of drug-likeness (QED) is 0.370. The molecule has 0 radical (unpaired) electrons. The van der Waals surface area contributed by atoms with E-state index < -0.39 is 0 Å². The van der Waals surface area contributed by atoms with Gasteiger partial charge in [-0.3, -0.25) is 4.79 Å². The first-order chi connectivity index (χ1) is 13.6. The van der Waals surface area contributed by atoms with Gasteiger partial charge in [-0.25, -0.2) is 9.97 Å². The number of thiazole rings is 1. The minimum atomic E-state index is -0.172. The molecule has 0 atom stereocenters. The fraction of sp³-hybridized carbons (Fsp3) is 0.105. The number of halogens is 2. The zero-order chi connectivity index (χ0) is 19.5. The number of oxazole rings is 1. The van der Waals surface area contributed by atoms with Crippen LogP contribution in [0.4, 0.5) is 5.13 Å². The van der Waals surface area contributed by atoms with Crippen molar-refractivity contribution in [2.24, 2.45) is 0 Å². The van der Waals surface area contributed by atoms with Crippen LogP contribution in [0.15, 0.2) is 58.3 Å². The van der Waals surface area contributed by atoms with Crippen LogP contribution in [0.2, 0.25) is 10.0 Å². The third kappa shape index (κ3) is 4.67. The summed E-state index contributed by atoms with van der Waals surface area (Å²) in [5.41, 5.74) is 2.39. The number of rotatable bonds is 6. The Labute approximate surface area is 179 Å². The van der Waals surface area contributed by atoms with Crippen LogP contribution in [0.1, 0.15) is 10.4 Å². The Morgan fingerprint density at radius 2 is 2.07 bits per heavy atom. The Morgan fingerprint density at radius 1 is 1.21 bits per heavy atom. The highest BCUT2D eigenvalue weighted by atomic mass is 35.5. The van der Waals surface area contributed by atoms with Crippen LogP contribution < -0.4 is 5.32 Å². The van der Waals surface area contributed by atoms with Crippen molar-refractivity contribution in [3.8, 4) is 0 Å². The molecule has 0 fully saturated rings. The molecular weight excluding hydrogens is 437 g/mol. The Bertz CT molecular complexity index is 1110. The van der Waals surface area contributed by atoms with E-state index in [0.717, 1.165) is 16.0 Å². The summed E-state index contributed by atoms with van der Waals surface area (Å²) >= 11 is 14.9. The van der Waals surface area contributed by atoms with Gasteiger partial charge in [0.05, 0.1) is 5.75 Å². The summed E-state index contributed by atoms with van der Waals surface area (Å²) in [5.74, 6) is 0.0101. The summed E-state index contributed by atoms with van der Waals surface area (Å²) in [6.07, 6.45) is 2.33. The van der Waals surface area contributed by atoms with E-state index in [-0.39, 0.29) is 11.7 Å². The fourth-order valence-corrected chi connectivity index (χ4v) is 4.38. The van der Waals surface area contributed by atoms with Crippen molar-refractivity contribution >= 4 is 68.4 Å². The number of hydrogen-bond acceptors (Lipinski definition) is 6. The van der Waals surface area contributed by atoms with E-state index in [9.17, 15) is 4.79 Å². The number of amides is 1. The van der Waals surface area contributed by atoms with Crippen molar-refractivity contribution in [1.29, 1.82) is 0 Å². The largest absolute Gasteiger partial charge is 0.431 e. The van der Waals surface area contributed by atoms with Gasteiger partial charge in [0.1, 0.15) is 5.52 Å². The molecule has 28 heavy (non-hydrogen) atoms. The van der Waals surface area contributed by atoms with Gasteiger partial charge in [0, 0.05) is 27.5 Å². The number of anilines is 1. The highest BCUT2D eigenvalue weighted by Crippen LogP contribution is 2.27. The maximum Gasteiger partial charge on any atom is 0.257 e. The Morgan fingerprint density at radius 3 is 2.93 bits per heavy atom. The molecule has 0 bridgehead atoms. The average Bonchev–Trinajstić information content (AvgIpc) is 3.29. The summed E-state index contributed by atoms with van der Waals surface area (Å²) in [6, 6.07) is 12.8. The van der Waals surface area contributed by atoms with Crippen LogP contribution in [-0.2, 0) is 11.2 Å². The zero-order valence-corrected chi connectivity index (χ0v) is 17.5. The van der Waals surface area contributed by atoms with Crippen molar-refractivity contribution < 1.29 is 9.21 Å². The van der Waals surface area contributed by atoms with Crippen molar-refractivity contribution in [1.82, 2.24) is 9.97 Å². The van der Waals surface area contributed by atoms with Crippen molar-refractivity contribution in [2.45, 2.75) is 11.6 Å². The lowest BCUT2D eigenvalue weighted by molar-refractivity contribution is -0.113. The molecule has 1 amide bonds. The predicted molar refractivity (Wildman–Crippen MR) is 115 cm³/mol. The normalized spacial score (nSPS) is 11.1. The number of thioether (sulfide) groups is 1. The molecule has 0 saturated heterocycles. The summed E-state index contributed by atoms with van der Waals surface area (Å²) in [7, 11) is 0. The minimum absolute atomic E-state index is 0.172. The highest BCUT2D eigenvalue weighted by molar-refractivity contribution is 7.99. The first kappa shape index (κ1) is 19.3. The number of carbonyl (C=O) groups excluding carboxylic acids is 1. The van der Waals surface area contributed by atoms with Gasteiger partial charge in [0.15, 0.2) is 10.7 Å². The van der Waals surface area contributed by atoms with Gasteiger partial charge in [-0.2, -0.15) is 0 Å². The molecular formula is C19H13Cl2N3O2S2. The van der Waals surface area contributed by atoms with Gasteiger partial charge < -0.3 is 9.73 Å². The first-order valence-corrected chi connectivity index (χ1v) is 10.8. The molecule has 0 spiro atoms. The lowest BCUT2D eigenvalue weighted by atomic mass is 10.1. The zero-order valence-electron chi connectivity index (χ0n) is 14.3. The number of benzene rings is 2. The third-order valence-electron chi connectivity index (χ3n) is 3.77. The molecule has 0 aliphatic rings. The van der Waals surface area contributed by atoms with E-state index in [1.165, 1.54) is 23.1 Å². The maximum atomic E-state index is 12.2. The Kier molecular flexibility index (Phi) is 5.87. The summed E-state index contributed by atoms with van der Waals surface area (Å²) in [6.45, 7) is 0. The molecule has 2 aromatic heterocycles. The van der Waals surface area contributed by atoms with Crippen LogP contribution in [-0.4, -0.2) is 21.6 Å². The van der Waals surface area contributed by atoms with E-state index >= 15 is 0 Å². The van der Waals surface area contributed by atoms with E-state index in [0.29, 0.717) is 32.4 Å². The molecule has 9 heteroatoms. The number of nitrogens with zero attached hydrogens (tertiary/aromatic N) is 2. The second-order valence-electron chi connectivity index (χ2n) is 5.83. The van der Waals surface area contributed by atoms with Gasteiger partial charge in [0.2, 0.25) is 5.91 Å². The molecule has 0 saturated carbocycles. The first-order valence-electron chi connectivity index (χ1n) is 8.24. The molecule has 4 aromatic rings. The van der Waals surface area contributed by atoms with Gasteiger partial charge in [-0.05, 0) is 35.9 Å². The number of aromatic nitrogens is 2. The van der Waals surface area contributed by atoms with E-state index in [4.69, 9.17) is 27.6 Å². The smallest absolute Gasteiger partial charge is 0.257 e. The standard InChI is InChI=1S/C19H13Cl2N3O2S2/c20-12-5-6-14(21)11(7-12)8-13-9-22-18(28-13)24-17(25)10-27-19-23-15-3-1-2-4-16(15)26-19/h1-7,9H,8,10H2,(H,22,24,25). The molecule has 142 valence electrons. The lowest BCUT2D eigenvalue weighted by Crippen LogP contribution is -2.13. The highest BCUT2D eigenvalue weighted by Gasteiger charge is 2.12. The third-order valence-corrected chi connectivity index (χ3v) is 6.12. The van der Waals surface area contributed by atoms with E-state index in [2.05, 4.69) is 15.3 Å². The monoisotopic (exact) mass is 449 g/mol. The fourth-order valence-electron chi connectivity index (χ4n) is 2.51. The van der Waals surface area contributed by atoms with Crippen LogP contribution in [0.25, 0.3) is 11.1 Å². The van der Waals surface area contributed by atoms with Gasteiger partial charge in [-0.15, -0.1) is 11.3 Å². The van der Waals surface area contributed by atoms with Crippen molar-refractivity contribution in [3.63, 3.8) is 0 Å². The van der Waals surface area contributed by atoms with Crippen LogP contribution in [0, 0.1) is 0 Å². The van der Waals surface area contributed by atoms with Gasteiger partial charge >= 0.3 is 0 Å². The number of fused-ring (bicyclic) bond motifs is 1. The molecule has 0 aliphatic carbocycles. The SMILES string of the molecule is O=C(CSc1nc2ccccc2o1)Nc1ncc(Cc2cc(Cl)ccc2Cl)s1. The number of carbonyl (C=O) groups is 1. The summed E-state index contributed by atoms with van der Waals surface area (Å²) in [5, 5.41) is 5.08. The molecule has 5 nitrogen and oxygen atoms in total. The van der Waals surface area contributed by atoms with Crippen molar-refractivity contribution in [3.05, 3.63) is 69.1 Å². The van der Waals surface area contributed by atoms with E-state index in [1.54, 1.807) is 18.3 Å². The number of nitrogens with one attached hydrogen (secondary N) is 1. The Hall–Kier alpha value is -2.06. The molecule has 0 unspecified atom stereocenters.